The van der Waals surface area contributed by atoms with Gasteiger partial charge < -0.3 is 5.32 Å². The van der Waals surface area contributed by atoms with Gasteiger partial charge in [0.25, 0.3) is 0 Å². The highest BCUT2D eigenvalue weighted by Gasteiger charge is 2.09. The van der Waals surface area contributed by atoms with Gasteiger partial charge in [0.1, 0.15) is 5.82 Å². The first-order chi connectivity index (χ1) is 7.99. The Morgan fingerprint density at radius 3 is 2.53 bits per heavy atom. The van der Waals surface area contributed by atoms with Crippen LogP contribution < -0.4 is 5.32 Å². The zero-order valence-electron chi connectivity index (χ0n) is 10.6. The second-order valence-electron chi connectivity index (χ2n) is 4.85. The van der Waals surface area contributed by atoms with Gasteiger partial charge in [-0.05, 0) is 19.3 Å². The van der Waals surface area contributed by atoms with Crippen LogP contribution in [0.3, 0.4) is 0 Å². The number of hydrogen-bond acceptors (Lipinski definition) is 2. The maximum absolute atomic E-state index is 13.3. The molecule has 4 heteroatoms. The Hall–Kier alpha value is -1.19. The molecule has 17 heavy (non-hydrogen) atoms. The molecule has 1 atom stereocenters. The lowest BCUT2D eigenvalue weighted by atomic mass is 10.0. The van der Waals surface area contributed by atoms with Crippen LogP contribution in [0.15, 0.2) is 12.3 Å². The second kappa shape index (κ2) is 6.52. The van der Waals surface area contributed by atoms with Crippen molar-refractivity contribution in [3.8, 4) is 0 Å². The van der Waals surface area contributed by atoms with Crippen LogP contribution in [0.25, 0.3) is 0 Å². The minimum absolute atomic E-state index is 0.128. The van der Waals surface area contributed by atoms with E-state index in [-0.39, 0.29) is 11.9 Å². The molecule has 0 saturated carbocycles. The normalized spacial score (nSPS) is 12.8. The molecule has 0 radical (unpaired) electrons. The molecule has 0 bridgehead atoms. The number of pyridine rings is 1. The highest BCUT2D eigenvalue weighted by molar-refractivity contribution is 5.36. The first kappa shape index (κ1) is 13.9. The lowest BCUT2D eigenvalue weighted by molar-refractivity contribution is 0.517. The monoisotopic (exact) mass is 242 g/mol. The van der Waals surface area contributed by atoms with Gasteiger partial charge in [-0.3, -0.25) is 0 Å². The molecule has 1 rings (SSSR count). The Balaban J connectivity index is 2.42. The standard InChI is InChI=1S/C13H20F2N2/c1-9(2)5-4-6-10(3)17-13-12(15)7-11(14)8-16-13/h7-10H,4-6H2,1-3H3,(H,16,17). The molecule has 2 nitrogen and oxygen atoms in total. The summed E-state index contributed by atoms with van der Waals surface area (Å²) in [6.07, 6.45) is 4.23. The molecule has 96 valence electrons. The van der Waals surface area contributed by atoms with Gasteiger partial charge in [0.15, 0.2) is 11.6 Å². The molecular formula is C13H20F2N2. The summed E-state index contributed by atoms with van der Waals surface area (Å²) < 4.78 is 25.9. The SMILES string of the molecule is CC(C)CCCC(C)Nc1ncc(F)cc1F. The fourth-order valence-corrected chi connectivity index (χ4v) is 1.66. The summed E-state index contributed by atoms with van der Waals surface area (Å²) in [4.78, 5) is 3.70. The van der Waals surface area contributed by atoms with Crippen molar-refractivity contribution in [2.24, 2.45) is 5.92 Å². The maximum Gasteiger partial charge on any atom is 0.168 e. The lowest BCUT2D eigenvalue weighted by Gasteiger charge is -2.15. The number of rotatable bonds is 6. The predicted molar refractivity (Wildman–Crippen MR) is 65.9 cm³/mol. The Bertz CT molecular complexity index is 353. The Labute approximate surface area is 101 Å². The summed E-state index contributed by atoms with van der Waals surface area (Å²) in [5, 5.41) is 2.96. The molecule has 0 amide bonds. The summed E-state index contributed by atoms with van der Waals surface area (Å²) in [6, 6.07) is 0.983. The third kappa shape index (κ3) is 5.11. The third-order valence-electron chi connectivity index (χ3n) is 2.61. The van der Waals surface area contributed by atoms with E-state index >= 15 is 0 Å². The highest BCUT2D eigenvalue weighted by Crippen LogP contribution is 2.15. The number of nitrogens with zero attached hydrogens (tertiary/aromatic N) is 1. The second-order valence-corrected chi connectivity index (χ2v) is 4.85. The number of nitrogens with one attached hydrogen (secondary N) is 1. The molecule has 0 aliphatic rings. The molecule has 0 fully saturated rings. The molecular weight excluding hydrogens is 222 g/mol. The van der Waals surface area contributed by atoms with E-state index in [0.29, 0.717) is 5.92 Å². The topological polar surface area (TPSA) is 24.9 Å². The minimum Gasteiger partial charge on any atom is -0.365 e. The largest absolute Gasteiger partial charge is 0.365 e. The summed E-state index contributed by atoms with van der Waals surface area (Å²) in [7, 11) is 0. The van der Waals surface area contributed by atoms with Gasteiger partial charge >= 0.3 is 0 Å². The maximum atomic E-state index is 13.3. The van der Waals surface area contributed by atoms with Gasteiger partial charge in [0.2, 0.25) is 0 Å². The van der Waals surface area contributed by atoms with E-state index in [0.717, 1.165) is 31.5 Å². The van der Waals surface area contributed by atoms with Crippen molar-refractivity contribution in [3.05, 3.63) is 23.9 Å². The van der Waals surface area contributed by atoms with Crippen LogP contribution in [-0.4, -0.2) is 11.0 Å². The molecule has 1 unspecified atom stereocenters. The third-order valence-corrected chi connectivity index (χ3v) is 2.61. The zero-order chi connectivity index (χ0) is 12.8. The molecule has 0 aromatic carbocycles. The van der Waals surface area contributed by atoms with Crippen LogP contribution in [0.4, 0.5) is 14.6 Å². The molecule has 1 aromatic heterocycles. The van der Waals surface area contributed by atoms with Crippen LogP contribution in [0, 0.1) is 17.6 Å². The average molecular weight is 242 g/mol. The molecule has 0 saturated heterocycles. The van der Waals surface area contributed by atoms with Gasteiger partial charge in [-0.2, -0.15) is 0 Å². The molecule has 1 N–H and O–H groups in total. The van der Waals surface area contributed by atoms with Crippen molar-refractivity contribution in [1.82, 2.24) is 4.98 Å². The van der Waals surface area contributed by atoms with E-state index in [2.05, 4.69) is 24.1 Å². The van der Waals surface area contributed by atoms with Gasteiger partial charge in [0, 0.05) is 12.1 Å². The Kier molecular flexibility index (Phi) is 5.32. The van der Waals surface area contributed by atoms with E-state index in [1.807, 2.05) is 6.92 Å². The summed E-state index contributed by atoms with van der Waals surface area (Å²) in [5.41, 5.74) is 0. The van der Waals surface area contributed by atoms with Crippen molar-refractivity contribution in [3.63, 3.8) is 0 Å². The zero-order valence-corrected chi connectivity index (χ0v) is 10.6. The lowest BCUT2D eigenvalue weighted by Crippen LogP contribution is -2.17. The van der Waals surface area contributed by atoms with Crippen molar-refractivity contribution < 1.29 is 8.78 Å². The van der Waals surface area contributed by atoms with Gasteiger partial charge in [-0.25, -0.2) is 13.8 Å². The highest BCUT2D eigenvalue weighted by atomic mass is 19.1. The molecule has 1 aromatic rings. The van der Waals surface area contributed by atoms with Crippen LogP contribution in [0.1, 0.15) is 40.0 Å². The van der Waals surface area contributed by atoms with Crippen LogP contribution in [0.2, 0.25) is 0 Å². The first-order valence-electron chi connectivity index (χ1n) is 6.06. The first-order valence-corrected chi connectivity index (χ1v) is 6.06. The van der Waals surface area contributed by atoms with Crippen molar-refractivity contribution in [1.29, 1.82) is 0 Å². The molecule has 0 spiro atoms. The van der Waals surface area contributed by atoms with Crippen LogP contribution in [-0.2, 0) is 0 Å². The van der Waals surface area contributed by atoms with Crippen molar-refractivity contribution >= 4 is 5.82 Å². The molecule has 0 aliphatic heterocycles. The van der Waals surface area contributed by atoms with Crippen molar-refractivity contribution in [2.75, 3.05) is 5.32 Å². The Morgan fingerprint density at radius 2 is 1.94 bits per heavy atom. The number of halogens is 2. The number of aromatic nitrogens is 1. The quantitative estimate of drug-likeness (QED) is 0.816. The van der Waals surface area contributed by atoms with Crippen LogP contribution in [0.5, 0.6) is 0 Å². The summed E-state index contributed by atoms with van der Waals surface area (Å²) in [6.45, 7) is 6.34. The van der Waals surface area contributed by atoms with E-state index < -0.39 is 11.6 Å². The summed E-state index contributed by atoms with van der Waals surface area (Å²) >= 11 is 0. The van der Waals surface area contributed by atoms with E-state index in [1.54, 1.807) is 0 Å². The molecule has 0 aliphatic carbocycles. The van der Waals surface area contributed by atoms with Crippen LogP contribution >= 0.6 is 0 Å². The number of anilines is 1. The Morgan fingerprint density at radius 1 is 1.24 bits per heavy atom. The summed E-state index contributed by atoms with van der Waals surface area (Å²) in [5.74, 6) is -0.479. The average Bonchev–Trinajstić information content (AvgIpc) is 2.21. The van der Waals surface area contributed by atoms with E-state index in [4.69, 9.17) is 0 Å². The van der Waals surface area contributed by atoms with Crippen molar-refractivity contribution in [2.45, 2.75) is 46.1 Å². The fraction of sp³-hybridized carbons (Fsp3) is 0.615. The van der Waals surface area contributed by atoms with E-state index in [9.17, 15) is 8.78 Å². The number of hydrogen-bond donors (Lipinski definition) is 1. The predicted octanol–water partition coefficient (Wildman–Crippen LogP) is 3.99. The fourth-order valence-electron chi connectivity index (χ4n) is 1.66. The van der Waals surface area contributed by atoms with Gasteiger partial charge in [-0.1, -0.05) is 26.7 Å². The smallest absolute Gasteiger partial charge is 0.168 e. The molecule has 1 heterocycles. The van der Waals surface area contributed by atoms with Gasteiger partial charge in [-0.15, -0.1) is 0 Å². The van der Waals surface area contributed by atoms with Gasteiger partial charge in [0.05, 0.1) is 6.20 Å². The minimum atomic E-state index is -0.652. The van der Waals surface area contributed by atoms with E-state index in [1.165, 1.54) is 0 Å².